The van der Waals surface area contributed by atoms with Gasteiger partial charge in [-0.1, -0.05) is 15.9 Å². The molecule has 1 aromatic carbocycles. The molecule has 68 valence electrons. The lowest BCUT2D eigenvalue weighted by Gasteiger charge is -2.19. The van der Waals surface area contributed by atoms with Crippen molar-refractivity contribution in [1.29, 1.82) is 0 Å². The molecule has 0 bridgehead atoms. The van der Waals surface area contributed by atoms with Crippen LogP contribution in [0, 0.1) is 9.49 Å². The van der Waals surface area contributed by atoms with Crippen LogP contribution in [-0.4, -0.2) is 6.54 Å². The second kappa shape index (κ2) is 2.86. The van der Waals surface area contributed by atoms with E-state index in [1.54, 1.807) is 0 Å². The Morgan fingerprint density at radius 2 is 2.31 bits per heavy atom. The highest BCUT2D eigenvalue weighted by atomic mass is 127. The number of hydrogen-bond acceptors (Lipinski definition) is 1. The zero-order chi connectivity index (χ0) is 9.00. The van der Waals surface area contributed by atoms with E-state index in [4.69, 9.17) is 0 Å². The SMILES string of the molecule is Brc1cc(I)c2c(c1)C1CC1CN2. The molecule has 1 fully saturated rings. The highest BCUT2D eigenvalue weighted by molar-refractivity contribution is 14.1. The summed E-state index contributed by atoms with van der Waals surface area (Å²) in [5.74, 6) is 1.76. The third-order valence-corrected chi connectivity index (χ3v) is 4.26. The van der Waals surface area contributed by atoms with E-state index in [1.165, 1.54) is 32.3 Å². The van der Waals surface area contributed by atoms with Crippen molar-refractivity contribution in [2.75, 3.05) is 11.9 Å². The molecule has 1 N–H and O–H groups in total. The number of benzene rings is 1. The summed E-state index contributed by atoms with van der Waals surface area (Å²) < 4.78 is 2.55. The van der Waals surface area contributed by atoms with Gasteiger partial charge in [0.05, 0.1) is 5.69 Å². The molecule has 2 aliphatic rings. The van der Waals surface area contributed by atoms with Crippen molar-refractivity contribution >= 4 is 44.2 Å². The molecule has 1 heterocycles. The first-order valence-corrected chi connectivity index (χ1v) is 6.35. The molecule has 3 heteroatoms. The van der Waals surface area contributed by atoms with Crippen LogP contribution >= 0.6 is 38.5 Å². The maximum atomic E-state index is 3.55. The molecular formula is C10H9BrIN. The Morgan fingerprint density at radius 1 is 1.46 bits per heavy atom. The molecule has 0 amide bonds. The fourth-order valence-electron chi connectivity index (χ4n) is 2.16. The van der Waals surface area contributed by atoms with Crippen LogP contribution in [0.1, 0.15) is 17.9 Å². The number of nitrogens with one attached hydrogen (secondary N) is 1. The summed E-state index contributed by atoms with van der Waals surface area (Å²) in [4.78, 5) is 0. The molecule has 0 radical (unpaired) electrons. The summed E-state index contributed by atoms with van der Waals surface area (Å²) in [6.07, 6.45) is 1.38. The van der Waals surface area contributed by atoms with Gasteiger partial charge < -0.3 is 5.32 Å². The number of anilines is 1. The smallest absolute Gasteiger partial charge is 0.0512 e. The maximum Gasteiger partial charge on any atom is 0.0512 e. The van der Waals surface area contributed by atoms with Crippen LogP contribution in [0.5, 0.6) is 0 Å². The Hall–Kier alpha value is 0.230. The van der Waals surface area contributed by atoms with Gasteiger partial charge in [-0.3, -0.25) is 0 Å². The van der Waals surface area contributed by atoms with E-state index in [2.05, 4.69) is 56.0 Å². The molecular weight excluding hydrogens is 341 g/mol. The van der Waals surface area contributed by atoms with Gasteiger partial charge in [-0.15, -0.1) is 0 Å². The summed E-state index contributed by atoms with van der Waals surface area (Å²) in [6, 6.07) is 4.45. The van der Waals surface area contributed by atoms with Gasteiger partial charge in [-0.05, 0) is 58.5 Å². The molecule has 3 rings (SSSR count). The van der Waals surface area contributed by atoms with Crippen LogP contribution < -0.4 is 5.32 Å². The van der Waals surface area contributed by atoms with Crippen molar-refractivity contribution in [2.45, 2.75) is 12.3 Å². The summed E-state index contributed by atoms with van der Waals surface area (Å²) in [6.45, 7) is 1.18. The monoisotopic (exact) mass is 349 g/mol. The van der Waals surface area contributed by atoms with E-state index in [1.807, 2.05) is 0 Å². The number of fused-ring (bicyclic) bond motifs is 3. The first kappa shape index (κ1) is 8.53. The zero-order valence-corrected chi connectivity index (χ0v) is 10.7. The Kier molecular flexibility index (Phi) is 1.88. The van der Waals surface area contributed by atoms with E-state index in [0.717, 1.165) is 11.8 Å². The van der Waals surface area contributed by atoms with Gasteiger partial charge in [0.25, 0.3) is 0 Å². The quantitative estimate of drug-likeness (QED) is 0.706. The Labute approximate surface area is 99.6 Å². The van der Waals surface area contributed by atoms with Crippen LogP contribution in [0.4, 0.5) is 5.69 Å². The summed E-state index contributed by atoms with van der Waals surface area (Å²) >= 11 is 5.96. The predicted octanol–water partition coefficient (Wildman–Crippen LogP) is 3.58. The average Bonchev–Trinajstić information content (AvgIpc) is 2.82. The lowest BCUT2D eigenvalue weighted by atomic mass is 10.0. The highest BCUT2D eigenvalue weighted by Crippen LogP contribution is 2.54. The summed E-state index contributed by atoms with van der Waals surface area (Å²) in [7, 11) is 0. The molecule has 1 aromatic rings. The van der Waals surface area contributed by atoms with Gasteiger partial charge in [0, 0.05) is 14.6 Å². The third-order valence-electron chi connectivity index (χ3n) is 2.95. The van der Waals surface area contributed by atoms with Gasteiger partial charge >= 0.3 is 0 Å². The Bertz CT molecular complexity index is 377. The first-order chi connectivity index (χ1) is 6.25. The minimum Gasteiger partial charge on any atom is -0.384 e. The minimum atomic E-state index is 0.849. The van der Waals surface area contributed by atoms with Crippen LogP contribution in [-0.2, 0) is 0 Å². The van der Waals surface area contributed by atoms with Gasteiger partial charge in [-0.25, -0.2) is 0 Å². The van der Waals surface area contributed by atoms with E-state index < -0.39 is 0 Å². The van der Waals surface area contributed by atoms with Gasteiger partial charge in [0.15, 0.2) is 0 Å². The van der Waals surface area contributed by atoms with Gasteiger partial charge in [-0.2, -0.15) is 0 Å². The highest BCUT2D eigenvalue weighted by Gasteiger charge is 2.42. The van der Waals surface area contributed by atoms with Crippen molar-refractivity contribution < 1.29 is 0 Å². The number of hydrogen-bond donors (Lipinski definition) is 1. The molecule has 1 aliphatic heterocycles. The van der Waals surface area contributed by atoms with E-state index >= 15 is 0 Å². The van der Waals surface area contributed by atoms with Crippen molar-refractivity contribution in [2.24, 2.45) is 5.92 Å². The average molecular weight is 350 g/mol. The topological polar surface area (TPSA) is 12.0 Å². The second-order valence-corrected chi connectivity index (χ2v) is 5.91. The third kappa shape index (κ3) is 1.31. The molecule has 13 heavy (non-hydrogen) atoms. The fourth-order valence-corrected chi connectivity index (χ4v) is 3.90. The normalized spacial score (nSPS) is 28.8. The lowest BCUT2D eigenvalue weighted by molar-refractivity contribution is 0.815. The second-order valence-electron chi connectivity index (χ2n) is 3.84. The van der Waals surface area contributed by atoms with Crippen LogP contribution in [0.3, 0.4) is 0 Å². The van der Waals surface area contributed by atoms with Crippen LogP contribution in [0.2, 0.25) is 0 Å². The first-order valence-electron chi connectivity index (χ1n) is 4.48. The molecule has 0 spiro atoms. The minimum absolute atomic E-state index is 0.849. The van der Waals surface area contributed by atoms with Gasteiger partial charge in [0.2, 0.25) is 0 Å². The Balaban J connectivity index is 2.19. The zero-order valence-electron chi connectivity index (χ0n) is 6.98. The molecule has 2 atom stereocenters. The standard InChI is InChI=1S/C10H9BrIN/c11-6-2-8-7-1-5(7)4-13-10(8)9(12)3-6/h2-3,5,7,13H,1,4H2. The van der Waals surface area contributed by atoms with E-state index in [0.29, 0.717) is 0 Å². The van der Waals surface area contributed by atoms with Crippen molar-refractivity contribution in [3.05, 3.63) is 25.7 Å². The summed E-state index contributed by atoms with van der Waals surface area (Å²) in [5.41, 5.74) is 2.90. The molecule has 1 saturated carbocycles. The molecule has 1 nitrogen and oxygen atoms in total. The van der Waals surface area contributed by atoms with E-state index in [-0.39, 0.29) is 0 Å². The van der Waals surface area contributed by atoms with E-state index in [9.17, 15) is 0 Å². The van der Waals surface area contributed by atoms with Crippen molar-refractivity contribution in [3.63, 3.8) is 0 Å². The van der Waals surface area contributed by atoms with Gasteiger partial charge in [0.1, 0.15) is 0 Å². The fraction of sp³-hybridized carbons (Fsp3) is 0.400. The van der Waals surface area contributed by atoms with Crippen molar-refractivity contribution in [1.82, 2.24) is 0 Å². The lowest BCUT2D eigenvalue weighted by Crippen LogP contribution is -2.13. The van der Waals surface area contributed by atoms with Crippen LogP contribution in [0.15, 0.2) is 16.6 Å². The maximum absolute atomic E-state index is 3.55. The molecule has 0 aromatic heterocycles. The van der Waals surface area contributed by atoms with Crippen molar-refractivity contribution in [3.8, 4) is 0 Å². The number of rotatable bonds is 0. The predicted molar refractivity (Wildman–Crippen MR) is 66.2 cm³/mol. The Morgan fingerprint density at radius 3 is 3.15 bits per heavy atom. The number of halogens is 2. The molecule has 2 unspecified atom stereocenters. The molecule has 1 aliphatic carbocycles. The largest absolute Gasteiger partial charge is 0.384 e. The summed E-state index contributed by atoms with van der Waals surface area (Å²) in [5, 5.41) is 3.52. The molecule has 0 saturated heterocycles. The van der Waals surface area contributed by atoms with Crippen LogP contribution in [0.25, 0.3) is 0 Å².